The van der Waals surface area contributed by atoms with E-state index in [1.54, 1.807) is 48.9 Å². The van der Waals surface area contributed by atoms with Crippen LogP contribution in [0.25, 0.3) is 11.8 Å². The van der Waals surface area contributed by atoms with Crippen molar-refractivity contribution in [3.05, 3.63) is 115 Å². The molecule has 5 rings (SSSR count). The molecule has 8 nitrogen and oxygen atoms in total. The first-order valence-electron chi connectivity index (χ1n) is 13.7. The van der Waals surface area contributed by atoms with Crippen LogP contribution in [0.3, 0.4) is 0 Å². The Kier molecular flexibility index (Phi) is 9.08. The van der Waals surface area contributed by atoms with Gasteiger partial charge in [-0.3, -0.25) is 9.36 Å². The molecular weight excluding hydrogens is 564 g/mol. The number of thiazole rings is 1. The minimum absolute atomic E-state index is 0.107. The van der Waals surface area contributed by atoms with Gasteiger partial charge in [0, 0.05) is 5.56 Å². The van der Waals surface area contributed by atoms with Crippen molar-refractivity contribution >= 4 is 29.1 Å². The maximum atomic E-state index is 14.1. The van der Waals surface area contributed by atoms with E-state index in [2.05, 4.69) is 5.92 Å². The Hall–Kier alpha value is -5.07. The van der Waals surface area contributed by atoms with Crippen LogP contribution >= 0.6 is 11.3 Å². The summed E-state index contributed by atoms with van der Waals surface area (Å²) >= 11 is 1.24. The van der Waals surface area contributed by atoms with Crippen LogP contribution in [0, 0.1) is 12.3 Å². The normalized spacial score (nSPS) is 14.4. The predicted molar refractivity (Wildman–Crippen MR) is 166 cm³/mol. The monoisotopic (exact) mass is 594 g/mol. The highest BCUT2D eigenvalue weighted by atomic mass is 32.1. The highest BCUT2D eigenvalue weighted by Gasteiger charge is 2.35. The Morgan fingerprint density at radius 1 is 1.02 bits per heavy atom. The van der Waals surface area contributed by atoms with Gasteiger partial charge in [0.2, 0.25) is 0 Å². The van der Waals surface area contributed by atoms with Crippen molar-refractivity contribution in [3.63, 3.8) is 0 Å². The molecule has 0 saturated heterocycles. The largest absolute Gasteiger partial charge is 0.497 e. The topological polar surface area (TPSA) is 88.4 Å². The SMILES string of the molecule is C#CCOc1ccc(/C=c2\sc3n(c2=O)[C@@H](c2ccc(OC)cc2)C(C(=O)OCC)=C(c2ccccc2)N=3)cc1OCC. The third-order valence-electron chi connectivity index (χ3n) is 6.68. The summed E-state index contributed by atoms with van der Waals surface area (Å²) in [6.07, 6.45) is 7.13. The van der Waals surface area contributed by atoms with E-state index >= 15 is 0 Å². The van der Waals surface area contributed by atoms with Gasteiger partial charge >= 0.3 is 5.97 Å². The van der Waals surface area contributed by atoms with Crippen LogP contribution in [-0.2, 0) is 9.53 Å². The van der Waals surface area contributed by atoms with Gasteiger partial charge in [-0.15, -0.1) is 6.42 Å². The second kappa shape index (κ2) is 13.3. The van der Waals surface area contributed by atoms with Gasteiger partial charge in [-0.1, -0.05) is 65.8 Å². The van der Waals surface area contributed by atoms with Crippen LogP contribution in [0.4, 0.5) is 0 Å². The first-order valence-corrected chi connectivity index (χ1v) is 14.6. The maximum absolute atomic E-state index is 14.1. The number of nitrogens with zero attached hydrogens (tertiary/aromatic N) is 2. The number of rotatable bonds is 10. The fraction of sp³-hybridized carbons (Fsp3) is 0.206. The minimum atomic E-state index is -0.780. The molecule has 1 atom stereocenters. The number of methoxy groups -OCH3 is 1. The highest BCUT2D eigenvalue weighted by molar-refractivity contribution is 7.07. The lowest BCUT2D eigenvalue weighted by atomic mass is 9.93. The van der Waals surface area contributed by atoms with Gasteiger partial charge in [0.15, 0.2) is 16.3 Å². The highest BCUT2D eigenvalue weighted by Crippen LogP contribution is 2.36. The van der Waals surface area contributed by atoms with Crippen LogP contribution in [0.15, 0.2) is 88.2 Å². The predicted octanol–water partition coefficient (Wildman–Crippen LogP) is 4.35. The van der Waals surface area contributed by atoms with E-state index < -0.39 is 12.0 Å². The van der Waals surface area contributed by atoms with Crippen molar-refractivity contribution in [1.82, 2.24) is 4.57 Å². The Bertz CT molecular complexity index is 1880. The summed E-state index contributed by atoms with van der Waals surface area (Å²) < 4.78 is 24.3. The zero-order valence-electron chi connectivity index (χ0n) is 24.0. The second-order valence-corrected chi connectivity index (χ2v) is 10.3. The number of carbonyl (C=O) groups is 1. The third-order valence-corrected chi connectivity index (χ3v) is 7.66. The molecule has 2 heterocycles. The molecule has 0 radical (unpaired) electrons. The average molecular weight is 595 g/mol. The summed E-state index contributed by atoms with van der Waals surface area (Å²) in [5, 5.41) is 0. The number of terminal acetylenes is 1. The number of esters is 1. The number of hydrogen-bond donors (Lipinski definition) is 0. The van der Waals surface area contributed by atoms with Gasteiger partial charge in [-0.25, -0.2) is 9.79 Å². The molecule has 9 heteroatoms. The van der Waals surface area contributed by atoms with E-state index in [-0.39, 0.29) is 24.3 Å². The Labute approximate surface area is 253 Å². The number of ether oxygens (including phenoxy) is 4. The molecule has 0 fully saturated rings. The summed E-state index contributed by atoms with van der Waals surface area (Å²) in [4.78, 5) is 33.0. The molecule has 1 aliphatic heterocycles. The molecule has 4 aromatic rings. The Morgan fingerprint density at radius 3 is 2.47 bits per heavy atom. The van der Waals surface area contributed by atoms with Gasteiger partial charge in [0.05, 0.1) is 42.2 Å². The molecule has 1 aliphatic rings. The summed E-state index contributed by atoms with van der Waals surface area (Å²) in [5.41, 5.74) is 2.64. The fourth-order valence-corrected chi connectivity index (χ4v) is 5.82. The van der Waals surface area contributed by atoms with Crippen molar-refractivity contribution in [1.29, 1.82) is 0 Å². The van der Waals surface area contributed by atoms with E-state index in [0.717, 1.165) is 11.1 Å². The number of carbonyl (C=O) groups excluding carboxylic acids is 1. The van der Waals surface area contributed by atoms with E-state index in [1.807, 2.05) is 55.5 Å². The summed E-state index contributed by atoms with van der Waals surface area (Å²) in [7, 11) is 1.58. The van der Waals surface area contributed by atoms with Gasteiger partial charge < -0.3 is 18.9 Å². The van der Waals surface area contributed by atoms with Crippen molar-refractivity contribution in [2.75, 3.05) is 26.9 Å². The molecule has 3 aromatic carbocycles. The average Bonchev–Trinajstić information content (AvgIpc) is 3.34. The van der Waals surface area contributed by atoms with Gasteiger partial charge in [0.1, 0.15) is 12.4 Å². The number of aromatic nitrogens is 1. The molecule has 0 spiro atoms. The van der Waals surface area contributed by atoms with Crippen molar-refractivity contribution < 1.29 is 23.7 Å². The molecule has 0 bridgehead atoms. The smallest absolute Gasteiger partial charge is 0.338 e. The van der Waals surface area contributed by atoms with Crippen molar-refractivity contribution in [3.8, 4) is 29.6 Å². The molecular formula is C34H30N2O6S. The number of hydrogen-bond acceptors (Lipinski definition) is 8. The van der Waals surface area contributed by atoms with Crippen molar-refractivity contribution in [2.45, 2.75) is 19.9 Å². The van der Waals surface area contributed by atoms with Crippen LogP contribution in [-0.4, -0.2) is 37.5 Å². The number of benzene rings is 3. The van der Waals surface area contributed by atoms with Gasteiger partial charge in [-0.05, 0) is 55.3 Å². The first-order chi connectivity index (χ1) is 21.0. The quantitative estimate of drug-likeness (QED) is 0.200. The van der Waals surface area contributed by atoms with Crippen LogP contribution in [0.2, 0.25) is 0 Å². The lowest BCUT2D eigenvalue weighted by Gasteiger charge is -2.26. The molecule has 43 heavy (non-hydrogen) atoms. The fourth-order valence-electron chi connectivity index (χ4n) is 4.81. The zero-order chi connectivity index (χ0) is 30.3. The maximum Gasteiger partial charge on any atom is 0.338 e. The van der Waals surface area contributed by atoms with E-state index in [1.165, 1.54) is 11.3 Å². The lowest BCUT2D eigenvalue weighted by Crippen LogP contribution is -2.40. The lowest BCUT2D eigenvalue weighted by molar-refractivity contribution is -0.138. The molecule has 0 amide bonds. The van der Waals surface area contributed by atoms with Crippen LogP contribution in [0.1, 0.15) is 36.6 Å². The second-order valence-electron chi connectivity index (χ2n) is 9.34. The van der Waals surface area contributed by atoms with E-state index in [9.17, 15) is 9.59 Å². The summed E-state index contributed by atoms with van der Waals surface area (Å²) in [6, 6.07) is 21.3. The minimum Gasteiger partial charge on any atom is -0.497 e. The standard InChI is InChI=1S/C34H30N2O6S/c1-5-19-42-26-18-13-22(20-27(26)40-6-2)21-28-32(37)36-31(24-14-16-25(39-4)17-15-24)29(33(38)41-7-3)30(35-34(36)43-28)23-11-9-8-10-12-23/h1,8-18,20-21,31H,6-7,19H2,2-4H3/b28-21-/t31-/m0/s1. The zero-order valence-corrected chi connectivity index (χ0v) is 24.9. The molecule has 0 N–H and O–H groups in total. The molecule has 0 aliphatic carbocycles. The van der Waals surface area contributed by atoms with Crippen LogP contribution in [0.5, 0.6) is 17.2 Å². The van der Waals surface area contributed by atoms with Crippen molar-refractivity contribution in [2.24, 2.45) is 4.99 Å². The summed E-state index contributed by atoms with van der Waals surface area (Å²) in [6.45, 7) is 4.33. The molecule has 0 saturated carbocycles. The summed E-state index contributed by atoms with van der Waals surface area (Å²) in [5.74, 6) is 3.61. The molecule has 218 valence electrons. The number of fused-ring (bicyclic) bond motifs is 1. The van der Waals surface area contributed by atoms with E-state index in [4.69, 9.17) is 30.4 Å². The Morgan fingerprint density at radius 2 is 1.79 bits per heavy atom. The van der Waals surface area contributed by atoms with Gasteiger partial charge in [0.25, 0.3) is 5.56 Å². The first kappa shape index (κ1) is 29.4. The third kappa shape index (κ3) is 6.10. The molecule has 0 unspecified atom stereocenters. The van der Waals surface area contributed by atoms with E-state index in [0.29, 0.717) is 44.4 Å². The Balaban J connectivity index is 1.74. The van der Waals surface area contributed by atoms with Crippen LogP contribution < -0.4 is 29.1 Å². The molecule has 1 aromatic heterocycles. The van der Waals surface area contributed by atoms with Gasteiger partial charge in [-0.2, -0.15) is 0 Å².